The van der Waals surface area contributed by atoms with Crippen molar-refractivity contribution in [3.05, 3.63) is 0 Å². The summed E-state index contributed by atoms with van der Waals surface area (Å²) in [5.41, 5.74) is 0. The zero-order valence-corrected chi connectivity index (χ0v) is 15.8. The number of hydrogen-bond acceptors (Lipinski definition) is 5. The fourth-order valence-electron chi connectivity index (χ4n) is 2.57. The van der Waals surface area contributed by atoms with Gasteiger partial charge in [-0.25, -0.2) is 0 Å². The number of nitrogens with one attached hydrogen (secondary N) is 1. The first kappa shape index (κ1) is 23.0. The van der Waals surface area contributed by atoms with Crippen molar-refractivity contribution in [1.82, 2.24) is 5.32 Å². The van der Waals surface area contributed by atoms with E-state index in [1.54, 1.807) is 14.0 Å². The standard InChI is InChI=1S/C16H29NO5.C2H6/c1-13(18)14-3-5-15(6-4-14)17-16(19)7-8-21-11-12-22-10-9-20-2;1-2/h14-15H,3-12H2,1-2H3,(H,17,19);1-2H3. The van der Waals surface area contributed by atoms with E-state index in [9.17, 15) is 9.59 Å². The highest BCUT2D eigenvalue weighted by Gasteiger charge is 2.24. The average molecular weight is 345 g/mol. The highest BCUT2D eigenvalue weighted by Crippen LogP contribution is 2.24. The van der Waals surface area contributed by atoms with Crippen molar-refractivity contribution in [3.63, 3.8) is 0 Å². The molecule has 0 aromatic rings. The van der Waals surface area contributed by atoms with Gasteiger partial charge in [-0.3, -0.25) is 9.59 Å². The summed E-state index contributed by atoms with van der Waals surface area (Å²) in [6.07, 6.45) is 3.92. The van der Waals surface area contributed by atoms with Crippen molar-refractivity contribution >= 4 is 11.7 Å². The van der Waals surface area contributed by atoms with Gasteiger partial charge in [0.05, 0.1) is 33.0 Å². The van der Waals surface area contributed by atoms with Gasteiger partial charge in [0.2, 0.25) is 5.91 Å². The molecule has 0 aromatic heterocycles. The summed E-state index contributed by atoms with van der Waals surface area (Å²) in [7, 11) is 1.63. The summed E-state index contributed by atoms with van der Waals surface area (Å²) < 4.78 is 15.5. The third-order valence-corrected chi connectivity index (χ3v) is 3.94. The fourth-order valence-corrected chi connectivity index (χ4v) is 2.57. The summed E-state index contributed by atoms with van der Waals surface area (Å²) in [5, 5.41) is 3.02. The van der Waals surface area contributed by atoms with Crippen LogP contribution in [-0.4, -0.2) is 57.9 Å². The molecule has 1 aliphatic rings. The zero-order chi connectivity index (χ0) is 18.2. The van der Waals surface area contributed by atoms with Gasteiger partial charge in [-0.05, 0) is 32.6 Å². The van der Waals surface area contributed by atoms with Crippen LogP contribution < -0.4 is 5.32 Å². The molecule has 1 amide bonds. The number of Topliss-reactive ketones (excluding diaryl/α,β-unsaturated/α-hetero) is 1. The molecule has 0 spiro atoms. The summed E-state index contributed by atoms with van der Waals surface area (Å²) >= 11 is 0. The molecule has 0 heterocycles. The van der Waals surface area contributed by atoms with Crippen LogP contribution in [0.5, 0.6) is 0 Å². The normalized spacial score (nSPS) is 20.0. The van der Waals surface area contributed by atoms with E-state index in [0.29, 0.717) is 39.5 Å². The fraction of sp³-hybridized carbons (Fsp3) is 0.889. The maximum absolute atomic E-state index is 11.8. The number of ketones is 1. The monoisotopic (exact) mass is 345 g/mol. The lowest BCUT2D eigenvalue weighted by Gasteiger charge is -2.27. The Morgan fingerprint density at radius 1 is 0.917 bits per heavy atom. The maximum Gasteiger partial charge on any atom is 0.222 e. The van der Waals surface area contributed by atoms with E-state index in [1.165, 1.54) is 0 Å². The topological polar surface area (TPSA) is 73.9 Å². The molecule has 24 heavy (non-hydrogen) atoms. The molecule has 0 unspecified atom stereocenters. The Kier molecular flexibility index (Phi) is 14.9. The summed E-state index contributed by atoms with van der Waals surface area (Å²) in [6, 6.07) is 0.209. The largest absolute Gasteiger partial charge is 0.382 e. The summed E-state index contributed by atoms with van der Waals surface area (Å²) in [4.78, 5) is 23.1. The van der Waals surface area contributed by atoms with E-state index in [-0.39, 0.29) is 23.7 Å². The van der Waals surface area contributed by atoms with Gasteiger partial charge >= 0.3 is 0 Å². The van der Waals surface area contributed by atoms with E-state index in [0.717, 1.165) is 25.7 Å². The predicted octanol–water partition coefficient (Wildman–Crippen LogP) is 2.35. The number of carbonyl (C=O) groups excluding carboxylic acids is 2. The third-order valence-electron chi connectivity index (χ3n) is 3.94. The van der Waals surface area contributed by atoms with Crippen LogP contribution in [0.25, 0.3) is 0 Å². The van der Waals surface area contributed by atoms with Crippen LogP contribution in [0.15, 0.2) is 0 Å². The van der Waals surface area contributed by atoms with E-state index in [4.69, 9.17) is 14.2 Å². The van der Waals surface area contributed by atoms with E-state index in [2.05, 4.69) is 5.32 Å². The van der Waals surface area contributed by atoms with Crippen LogP contribution in [0.2, 0.25) is 0 Å². The van der Waals surface area contributed by atoms with Gasteiger partial charge < -0.3 is 19.5 Å². The molecule has 0 aromatic carbocycles. The summed E-state index contributed by atoms with van der Waals surface area (Å²) in [6.45, 7) is 8.19. The number of rotatable bonds is 11. The van der Waals surface area contributed by atoms with Crippen LogP contribution in [0, 0.1) is 5.92 Å². The number of methoxy groups -OCH3 is 1. The molecule has 0 atom stereocenters. The Balaban J connectivity index is 0.00000254. The molecule has 142 valence electrons. The SMILES string of the molecule is CC.COCCOCCOCCC(=O)NC1CCC(C(C)=O)CC1. The number of carbonyl (C=O) groups is 2. The van der Waals surface area contributed by atoms with Crippen molar-refractivity contribution in [3.8, 4) is 0 Å². The second kappa shape index (κ2) is 15.5. The van der Waals surface area contributed by atoms with Gasteiger partial charge in [-0.15, -0.1) is 0 Å². The minimum atomic E-state index is 0.0200. The van der Waals surface area contributed by atoms with Crippen LogP contribution in [0.4, 0.5) is 0 Å². The average Bonchev–Trinajstić information content (AvgIpc) is 2.59. The second-order valence-electron chi connectivity index (χ2n) is 5.69. The van der Waals surface area contributed by atoms with Crippen molar-refractivity contribution in [1.29, 1.82) is 0 Å². The maximum atomic E-state index is 11.8. The highest BCUT2D eigenvalue weighted by molar-refractivity contribution is 5.78. The van der Waals surface area contributed by atoms with Crippen LogP contribution >= 0.6 is 0 Å². The first-order chi connectivity index (χ1) is 11.6. The molecular weight excluding hydrogens is 310 g/mol. The molecule has 1 saturated carbocycles. The third kappa shape index (κ3) is 11.5. The number of ether oxygens (including phenoxy) is 3. The van der Waals surface area contributed by atoms with Gasteiger partial charge in [-0.2, -0.15) is 0 Å². The lowest BCUT2D eigenvalue weighted by atomic mass is 9.84. The first-order valence-corrected chi connectivity index (χ1v) is 9.07. The Morgan fingerprint density at radius 3 is 2.00 bits per heavy atom. The Hall–Kier alpha value is -0.980. The predicted molar refractivity (Wildman–Crippen MR) is 94.0 cm³/mol. The molecule has 6 nitrogen and oxygen atoms in total. The Bertz CT molecular complexity index is 327. The van der Waals surface area contributed by atoms with Crippen LogP contribution in [0.1, 0.15) is 52.9 Å². The molecule has 1 aliphatic carbocycles. The van der Waals surface area contributed by atoms with Crippen molar-refractivity contribution < 1.29 is 23.8 Å². The second-order valence-corrected chi connectivity index (χ2v) is 5.69. The highest BCUT2D eigenvalue weighted by atomic mass is 16.5. The minimum Gasteiger partial charge on any atom is -0.382 e. The van der Waals surface area contributed by atoms with Gasteiger partial charge in [-0.1, -0.05) is 13.8 Å². The lowest BCUT2D eigenvalue weighted by molar-refractivity contribution is -0.123. The Morgan fingerprint density at radius 2 is 1.46 bits per heavy atom. The van der Waals surface area contributed by atoms with Gasteiger partial charge in [0.15, 0.2) is 0 Å². The zero-order valence-electron chi connectivity index (χ0n) is 15.8. The van der Waals surface area contributed by atoms with Gasteiger partial charge in [0.1, 0.15) is 5.78 Å². The molecule has 6 heteroatoms. The van der Waals surface area contributed by atoms with Crippen LogP contribution in [0.3, 0.4) is 0 Å². The molecule has 1 fully saturated rings. The van der Waals surface area contributed by atoms with Crippen molar-refractivity contribution in [2.24, 2.45) is 5.92 Å². The van der Waals surface area contributed by atoms with E-state index in [1.807, 2.05) is 13.8 Å². The van der Waals surface area contributed by atoms with Gasteiger partial charge in [0.25, 0.3) is 0 Å². The van der Waals surface area contributed by atoms with Gasteiger partial charge in [0, 0.05) is 25.5 Å². The molecule has 0 radical (unpaired) electrons. The number of amides is 1. The van der Waals surface area contributed by atoms with Crippen LogP contribution in [-0.2, 0) is 23.8 Å². The molecule has 0 saturated heterocycles. The summed E-state index contributed by atoms with van der Waals surface area (Å²) in [5.74, 6) is 0.479. The van der Waals surface area contributed by atoms with E-state index >= 15 is 0 Å². The quantitative estimate of drug-likeness (QED) is 0.582. The minimum absolute atomic E-state index is 0.0200. The van der Waals surface area contributed by atoms with Crippen molar-refractivity contribution in [2.45, 2.75) is 58.9 Å². The van der Waals surface area contributed by atoms with E-state index < -0.39 is 0 Å². The molecular formula is C18H35NO5. The molecule has 0 bridgehead atoms. The Labute approximate surface area is 146 Å². The first-order valence-electron chi connectivity index (χ1n) is 9.07. The molecule has 1 N–H and O–H groups in total. The smallest absolute Gasteiger partial charge is 0.222 e. The number of hydrogen-bond donors (Lipinski definition) is 1. The lowest BCUT2D eigenvalue weighted by Crippen LogP contribution is -2.38. The molecule has 0 aliphatic heterocycles. The van der Waals surface area contributed by atoms with Crippen molar-refractivity contribution in [2.75, 3.05) is 40.1 Å². The molecule has 1 rings (SSSR count).